The number of benzene rings is 3. The fourth-order valence-corrected chi connectivity index (χ4v) is 4.25. The smallest absolute Gasteiger partial charge is 0.235 e. The van der Waals surface area contributed by atoms with Gasteiger partial charge in [-0.2, -0.15) is 0 Å². The Morgan fingerprint density at radius 2 is 1.48 bits per heavy atom. The number of hydrogen-bond acceptors (Lipinski definition) is 1. The largest absolute Gasteiger partial charge is 0.345 e. The molecule has 0 saturated heterocycles. The van der Waals surface area contributed by atoms with Crippen molar-refractivity contribution in [3.8, 4) is 0 Å². The van der Waals surface area contributed by atoms with Gasteiger partial charge in [-0.15, -0.1) is 6.58 Å². The molecule has 0 radical (unpaired) electrons. The van der Waals surface area contributed by atoms with Gasteiger partial charge in [-0.1, -0.05) is 91.0 Å². The Labute approximate surface area is 196 Å². The predicted octanol–water partition coefficient (Wildman–Crippen LogP) is 6.19. The van der Waals surface area contributed by atoms with E-state index in [0.717, 1.165) is 23.4 Å². The Morgan fingerprint density at radius 3 is 2.09 bits per heavy atom. The van der Waals surface area contributed by atoms with Gasteiger partial charge in [0.2, 0.25) is 5.91 Å². The zero-order valence-corrected chi connectivity index (χ0v) is 19.1. The van der Waals surface area contributed by atoms with Gasteiger partial charge in [0.25, 0.3) is 0 Å². The van der Waals surface area contributed by atoms with Gasteiger partial charge in [-0.05, 0) is 41.3 Å². The number of aromatic nitrogens is 1. The minimum absolute atomic E-state index is 0.0796. The number of rotatable bonds is 9. The van der Waals surface area contributed by atoms with Crippen molar-refractivity contribution >= 4 is 5.91 Å². The molecule has 3 heteroatoms. The molecular formula is C30H30N2O. The summed E-state index contributed by atoms with van der Waals surface area (Å²) in [6.07, 6.45) is 3.89. The lowest BCUT2D eigenvalue weighted by Gasteiger charge is -2.28. The average molecular weight is 435 g/mol. The van der Waals surface area contributed by atoms with Gasteiger partial charge < -0.3 is 9.47 Å². The molecule has 0 aliphatic carbocycles. The summed E-state index contributed by atoms with van der Waals surface area (Å²) in [5.41, 5.74) is 5.65. The summed E-state index contributed by atoms with van der Waals surface area (Å²) in [7, 11) is 0. The van der Waals surface area contributed by atoms with E-state index in [0.29, 0.717) is 13.1 Å². The number of aryl methyl sites for hydroxylation is 1. The molecule has 0 atom stereocenters. The Morgan fingerprint density at radius 1 is 0.879 bits per heavy atom. The van der Waals surface area contributed by atoms with Crippen LogP contribution in [0.3, 0.4) is 0 Å². The van der Waals surface area contributed by atoms with Crippen molar-refractivity contribution in [2.24, 2.45) is 0 Å². The second-order valence-corrected chi connectivity index (χ2v) is 8.32. The molecular weight excluding hydrogens is 404 g/mol. The third-order valence-corrected chi connectivity index (χ3v) is 6.05. The normalized spacial score (nSPS) is 10.8. The molecule has 4 aromatic rings. The highest BCUT2D eigenvalue weighted by atomic mass is 16.2. The minimum Gasteiger partial charge on any atom is -0.345 e. The highest BCUT2D eigenvalue weighted by Crippen LogP contribution is 2.28. The Kier molecular flexibility index (Phi) is 7.21. The van der Waals surface area contributed by atoms with Crippen molar-refractivity contribution in [1.82, 2.24) is 9.47 Å². The fraction of sp³-hybridized carbons (Fsp3) is 0.167. The molecule has 0 saturated carbocycles. The average Bonchev–Trinajstić information content (AvgIpc) is 3.28. The van der Waals surface area contributed by atoms with Crippen LogP contribution in [0.2, 0.25) is 0 Å². The third-order valence-electron chi connectivity index (χ3n) is 6.05. The molecule has 0 aliphatic rings. The van der Waals surface area contributed by atoms with Crippen LogP contribution in [0.4, 0.5) is 0 Å². The van der Waals surface area contributed by atoms with Gasteiger partial charge in [0, 0.05) is 25.0 Å². The van der Waals surface area contributed by atoms with Gasteiger partial charge >= 0.3 is 0 Å². The number of carbonyl (C=O) groups is 1. The molecule has 33 heavy (non-hydrogen) atoms. The zero-order valence-electron chi connectivity index (χ0n) is 19.1. The van der Waals surface area contributed by atoms with Crippen molar-refractivity contribution in [3.63, 3.8) is 0 Å². The zero-order chi connectivity index (χ0) is 23.0. The van der Waals surface area contributed by atoms with Crippen LogP contribution in [0.5, 0.6) is 0 Å². The molecule has 0 unspecified atom stereocenters. The maximum Gasteiger partial charge on any atom is 0.235 e. The molecule has 0 aliphatic heterocycles. The second kappa shape index (κ2) is 10.6. The van der Waals surface area contributed by atoms with Crippen LogP contribution in [0.25, 0.3) is 0 Å². The first-order valence-electron chi connectivity index (χ1n) is 11.4. The van der Waals surface area contributed by atoms with E-state index >= 15 is 0 Å². The summed E-state index contributed by atoms with van der Waals surface area (Å²) in [6, 6.07) is 32.6. The summed E-state index contributed by atoms with van der Waals surface area (Å²) in [4.78, 5) is 15.9. The lowest BCUT2D eigenvalue weighted by molar-refractivity contribution is -0.132. The van der Waals surface area contributed by atoms with Crippen molar-refractivity contribution in [2.45, 2.75) is 25.9 Å². The van der Waals surface area contributed by atoms with Crippen molar-refractivity contribution in [1.29, 1.82) is 0 Å². The molecule has 1 heterocycles. The first-order chi connectivity index (χ1) is 16.2. The van der Waals surface area contributed by atoms with Crippen molar-refractivity contribution in [3.05, 3.63) is 144 Å². The Balaban J connectivity index is 1.63. The van der Waals surface area contributed by atoms with E-state index in [1.54, 1.807) is 6.08 Å². The highest BCUT2D eigenvalue weighted by molar-refractivity contribution is 5.87. The van der Waals surface area contributed by atoms with Crippen LogP contribution in [0, 0.1) is 6.92 Å². The standard InChI is InChI=1S/C30H30N2O/c1-3-20-32(23-28-19-12-21-31(28)22-27-18-11-10-13-24(27)2)30(33)29(25-14-6-4-7-15-25)26-16-8-5-9-17-26/h3-19,21,29H,1,20,22-23H2,2H3. The molecule has 166 valence electrons. The maximum atomic E-state index is 14.0. The molecule has 1 aromatic heterocycles. The molecule has 1 amide bonds. The predicted molar refractivity (Wildman–Crippen MR) is 135 cm³/mol. The molecule has 4 rings (SSSR count). The van der Waals surface area contributed by atoms with Gasteiger partial charge in [-0.3, -0.25) is 4.79 Å². The van der Waals surface area contributed by atoms with Crippen LogP contribution in [0.15, 0.2) is 116 Å². The lowest BCUT2D eigenvalue weighted by atomic mass is 9.90. The van der Waals surface area contributed by atoms with E-state index in [2.05, 4.69) is 60.7 Å². The van der Waals surface area contributed by atoms with Crippen molar-refractivity contribution in [2.75, 3.05) is 6.54 Å². The second-order valence-electron chi connectivity index (χ2n) is 8.32. The number of nitrogens with zero attached hydrogens (tertiary/aromatic N) is 2. The van der Waals surface area contributed by atoms with E-state index in [1.807, 2.05) is 65.6 Å². The van der Waals surface area contributed by atoms with E-state index in [1.165, 1.54) is 11.1 Å². The summed E-state index contributed by atoms with van der Waals surface area (Å²) in [5.74, 6) is -0.275. The van der Waals surface area contributed by atoms with E-state index in [9.17, 15) is 4.79 Å². The topological polar surface area (TPSA) is 25.2 Å². The van der Waals surface area contributed by atoms with Crippen molar-refractivity contribution < 1.29 is 4.79 Å². The Bertz CT molecular complexity index is 1150. The molecule has 0 bridgehead atoms. The monoisotopic (exact) mass is 434 g/mol. The number of amides is 1. The highest BCUT2D eigenvalue weighted by Gasteiger charge is 2.27. The molecule has 3 nitrogen and oxygen atoms in total. The fourth-order valence-electron chi connectivity index (χ4n) is 4.25. The van der Waals surface area contributed by atoms with E-state index in [-0.39, 0.29) is 11.8 Å². The van der Waals surface area contributed by atoms with Crippen LogP contribution in [0.1, 0.15) is 33.9 Å². The number of hydrogen-bond donors (Lipinski definition) is 0. The first-order valence-corrected chi connectivity index (χ1v) is 11.4. The van der Waals surface area contributed by atoms with Gasteiger partial charge in [0.15, 0.2) is 0 Å². The molecule has 3 aromatic carbocycles. The third kappa shape index (κ3) is 5.32. The van der Waals surface area contributed by atoms with Gasteiger partial charge in [0.05, 0.1) is 12.5 Å². The van der Waals surface area contributed by atoms with E-state index < -0.39 is 0 Å². The van der Waals surface area contributed by atoms with Gasteiger partial charge in [-0.25, -0.2) is 0 Å². The van der Waals surface area contributed by atoms with Gasteiger partial charge in [0.1, 0.15) is 0 Å². The minimum atomic E-state index is -0.355. The van der Waals surface area contributed by atoms with Crippen LogP contribution >= 0.6 is 0 Å². The Hall–Kier alpha value is -3.85. The molecule has 0 N–H and O–H groups in total. The first kappa shape index (κ1) is 22.3. The molecule has 0 spiro atoms. The maximum absolute atomic E-state index is 14.0. The van der Waals surface area contributed by atoms with Crippen LogP contribution < -0.4 is 0 Å². The summed E-state index contributed by atoms with van der Waals surface area (Å²) in [5, 5.41) is 0. The van der Waals surface area contributed by atoms with Crippen LogP contribution in [-0.2, 0) is 17.9 Å². The quantitative estimate of drug-likeness (QED) is 0.288. The van der Waals surface area contributed by atoms with Crippen LogP contribution in [-0.4, -0.2) is 21.9 Å². The molecule has 0 fully saturated rings. The summed E-state index contributed by atoms with van der Waals surface area (Å²) >= 11 is 0. The summed E-state index contributed by atoms with van der Waals surface area (Å²) in [6.45, 7) is 7.86. The number of carbonyl (C=O) groups excluding carboxylic acids is 1. The lowest BCUT2D eigenvalue weighted by Crippen LogP contribution is -2.36. The summed E-state index contributed by atoms with van der Waals surface area (Å²) < 4.78 is 2.23. The SMILES string of the molecule is C=CCN(Cc1cccn1Cc1ccccc1C)C(=O)C(c1ccccc1)c1ccccc1. The van der Waals surface area contributed by atoms with E-state index in [4.69, 9.17) is 0 Å².